The first-order chi connectivity index (χ1) is 10.6. The molecule has 0 unspecified atom stereocenters. The normalized spacial score (nSPS) is 11.7. The Morgan fingerprint density at radius 2 is 2.27 bits per heavy atom. The van der Waals surface area contributed by atoms with E-state index in [1.807, 2.05) is 0 Å². The number of carbonyl (C=O) groups excluding carboxylic acids is 1. The van der Waals surface area contributed by atoms with Crippen LogP contribution in [-0.2, 0) is 6.54 Å². The molecule has 8 heteroatoms. The van der Waals surface area contributed by atoms with Gasteiger partial charge in [0.15, 0.2) is 0 Å². The monoisotopic (exact) mass is 308 g/mol. The predicted molar refractivity (Wildman–Crippen MR) is 76.7 cm³/mol. The van der Waals surface area contributed by atoms with Gasteiger partial charge in [0.05, 0.1) is 12.2 Å². The second kappa shape index (κ2) is 7.99. The van der Waals surface area contributed by atoms with E-state index in [-0.39, 0.29) is 13.2 Å². The third-order valence-electron chi connectivity index (χ3n) is 2.73. The number of nitrogens with zero attached hydrogens (tertiary/aromatic N) is 1. The highest BCUT2D eigenvalue weighted by Crippen LogP contribution is 2.11. The maximum absolute atomic E-state index is 12.9. The predicted octanol–water partition coefficient (Wildman–Crippen LogP) is 0.788. The van der Waals surface area contributed by atoms with E-state index in [9.17, 15) is 14.3 Å². The van der Waals surface area contributed by atoms with Crippen LogP contribution < -0.4 is 15.4 Å². The minimum atomic E-state index is -0.902. The highest BCUT2D eigenvalue weighted by molar-refractivity contribution is 5.73. The molecule has 1 heterocycles. The maximum Gasteiger partial charge on any atom is 0.315 e. The molecule has 0 saturated carbocycles. The summed E-state index contributed by atoms with van der Waals surface area (Å²) in [5.41, 5.74) is 0.769. The summed E-state index contributed by atoms with van der Waals surface area (Å²) in [5.74, 6) is -0.0916. The van der Waals surface area contributed by atoms with Gasteiger partial charge >= 0.3 is 6.03 Å². The molecule has 1 atom stereocenters. The largest absolute Gasteiger partial charge is 0.491 e. The lowest BCUT2D eigenvalue weighted by atomic mass is 10.3. The summed E-state index contributed by atoms with van der Waals surface area (Å²) >= 11 is 0. The van der Waals surface area contributed by atoms with Crippen LogP contribution in [0, 0.1) is 5.82 Å². The van der Waals surface area contributed by atoms with Crippen LogP contribution in [0.15, 0.2) is 36.5 Å². The van der Waals surface area contributed by atoms with Crippen molar-refractivity contribution in [3.63, 3.8) is 0 Å². The lowest BCUT2D eigenvalue weighted by Gasteiger charge is -2.13. The molecule has 0 saturated heterocycles. The zero-order valence-electron chi connectivity index (χ0n) is 11.8. The zero-order valence-corrected chi connectivity index (χ0v) is 11.8. The van der Waals surface area contributed by atoms with Gasteiger partial charge in [0.2, 0.25) is 0 Å². The lowest BCUT2D eigenvalue weighted by molar-refractivity contribution is 0.107. The van der Waals surface area contributed by atoms with Crippen LogP contribution in [0.2, 0.25) is 0 Å². The standard InChI is InChI=1S/C14H17FN4O3/c15-10-2-1-3-13(6-10)22-9-12(20)8-17-14(21)16-7-11-4-5-18-19-11/h1-6,12,20H,7-9H2,(H,18,19)(H2,16,17,21)/t12-/m1/s1. The van der Waals surface area contributed by atoms with Crippen LogP contribution in [0.4, 0.5) is 9.18 Å². The average Bonchev–Trinajstić information content (AvgIpc) is 3.02. The van der Waals surface area contributed by atoms with Crippen molar-refractivity contribution < 1.29 is 19.0 Å². The summed E-state index contributed by atoms with van der Waals surface area (Å²) in [5, 5.41) is 21.3. The Labute approximate surface area is 126 Å². The highest BCUT2D eigenvalue weighted by atomic mass is 19.1. The van der Waals surface area contributed by atoms with Crippen LogP contribution in [0.25, 0.3) is 0 Å². The third-order valence-corrected chi connectivity index (χ3v) is 2.73. The van der Waals surface area contributed by atoms with E-state index in [1.54, 1.807) is 18.3 Å². The summed E-state index contributed by atoms with van der Waals surface area (Å²) in [6.45, 7) is 0.274. The molecule has 7 nitrogen and oxygen atoms in total. The fourth-order valence-electron chi connectivity index (χ4n) is 1.64. The molecule has 2 amide bonds. The molecule has 2 aromatic rings. The van der Waals surface area contributed by atoms with Crippen molar-refractivity contribution in [3.05, 3.63) is 48.0 Å². The molecule has 0 bridgehead atoms. The Morgan fingerprint density at radius 3 is 3.00 bits per heavy atom. The lowest BCUT2D eigenvalue weighted by Crippen LogP contribution is -2.41. The summed E-state index contributed by atoms with van der Waals surface area (Å²) in [4.78, 5) is 11.5. The first-order valence-electron chi connectivity index (χ1n) is 6.70. The van der Waals surface area contributed by atoms with E-state index in [0.29, 0.717) is 12.3 Å². The molecule has 4 N–H and O–H groups in total. The van der Waals surface area contributed by atoms with Gasteiger partial charge in [0.1, 0.15) is 24.3 Å². The van der Waals surface area contributed by atoms with Crippen LogP contribution in [-0.4, -0.2) is 40.6 Å². The van der Waals surface area contributed by atoms with Crippen molar-refractivity contribution in [1.29, 1.82) is 0 Å². The number of hydrogen-bond donors (Lipinski definition) is 4. The van der Waals surface area contributed by atoms with Crippen LogP contribution in [0.5, 0.6) is 5.75 Å². The number of H-pyrrole nitrogens is 1. The number of aliphatic hydroxyl groups is 1. The van der Waals surface area contributed by atoms with Gasteiger partial charge in [-0.2, -0.15) is 5.10 Å². The number of carbonyl (C=O) groups is 1. The van der Waals surface area contributed by atoms with Crippen molar-refractivity contribution in [2.45, 2.75) is 12.6 Å². The molecule has 1 aromatic carbocycles. The van der Waals surface area contributed by atoms with Gasteiger partial charge < -0.3 is 20.5 Å². The number of aromatic amines is 1. The molecule has 0 aliphatic rings. The number of halogens is 1. The minimum Gasteiger partial charge on any atom is -0.491 e. The number of aliphatic hydroxyl groups excluding tert-OH is 1. The van der Waals surface area contributed by atoms with E-state index in [2.05, 4.69) is 20.8 Å². The number of ether oxygens (including phenoxy) is 1. The van der Waals surface area contributed by atoms with E-state index < -0.39 is 18.0 Å². The van der Waals surface area contributed by atoms with Gasteiger partial charge in [-0.3, -0.25) is 5.10 Å². The Kier molecular flexibility index (Phi) is 5.73. The van der Waals surface area contributed by atoms with Gasteiger partial charge in [-0.15, -0.1) is 0 Å². The number of amides is 2. The molecule has 0 spiro atoms. The number of aromatic nitrogens is 2. The van der Waals surface area contributed by atoms with E-state index >= 15 is 0 Å². The van der Waals surface area contributed by atoms with Gasteiger partial charge in [0.25, 0.3) is 0 Å². The summed E-state index contributed by atoms with van der Waals surface area (Å²) in [7, 11) is 0. The van der Waals surface area contributed by atoms with Gasteiger partial charge in [0, 0.05) is 18.8 Å². The van der Waals surface area contributed by atoms with Gasteiger partial charge in [-0.1, -0.05) is 6.07 Å². The van der Waals surface area contributed by atoms with E-state index in [4.69, 9.17) is 4.74 Å². The van der Waals surface area contributed by atoms with Gasteiger partial charge in [-0.05, 0) is 18.2 Å². The highest BCUT2D eigenvalue weighted by Gasteiger charge is 2.08. The fourth-order valence-corrected chi connectivity index (χ4v) is 1.64. The Bertz CT molecular complexity index is 592. The molecular weight excluding hydrogens is 291 g/mol. The van der Waals surface area contributed by atoms with Crippen LogP contribution >= 0.6 is 0 Å². The molecule has 0 aliphatic carbocycles. The van der Waals surface area contributed by atoms with Crippen molar-refractivity contribution in [1.82, 2.24) is 20.8 Å². The first kappa shape index (κ1) is 15.8. The zero-order chi connectivity index (χ0) is 15.8. The molecule has 0 radical (unpaired) electrons. The van der Waals surface area contributed by atoms with Crippen LogP contribution in [0.1, 0.15) is 5.69 Å². The summed E-state index contributed by atoms with van der Waals surface area (Å²) in [6, 6.07) is 6.94. The van der Waals surface area contributed by atoms with Crippen molar-refractivity contribution in [2.75, 3.05) is 13.2 Å². The Morgan fingerprint density at radius 1 is 1.41 bits per heavy atom. The summed E-state index contributed by atoms with van der Waals surface area (Å²) in [6.07, 6.45) is 0.684. The molecular formula is C14H17FN4O3. The minimum absolute atomic E-state index is 0.0180. The van der Waals surface area contributed by atoms with Crippen LogP contribution in [0.3, 0.4) is 0 Å². The first-order valence-corrected chi connectivity index (χ1v) is 6.70. The smallest absolute Gasteiger partial charge is 0.315 e. The topological polar surface area (TPSA) is 99.3 Å². The fraction of sp³-hybridized carbons (Fsp3) is 0.286. The average molecular weight is 308 g/mol. The van der Waals surface area contributed by atoms with E-state index in [0.717, 1.165) is 5.69 Å². The molecule has 0 aliphatic heterocycles. The quantitative estimate of drug-likeness (QED) is 0.607. The number of benzene rings is 1. The van der Waals surface area contributed by atoms with Crippen molar-refractivity contribution in [3.8, 4) is 5.75 Å². The number of rotatable bonds is 7. The van der Waals surface area contributed by atoms with Gasteiger partial charge in [-0.25, -0.2) is 9.18 Å². The molecule has 0 fully saturated rings. The number of nitrogens with one attached hydrogen (secondary N) is 3. The molecule has 22 heavy (non-hydrogen) atoms. The number of hydrogen-bond acceptors (Lipinski definition) is 4. The second-order valence-electron chi connectivity index (χ2n) is 4.57. The van der Waals surface area contributed by atoms with E-state index in [1.165, 1.54) is 18.2 Å². The van der Waals surface area contributed by atoms with Crippen molar-refractivity contribution in [2.24, 2.45) is 0 Å². The molecule has 2 rings (SSSR count). The SMILES string of the molecule is O=C(NCc1ccn[nH]1)NC[C@@H](O)COc1cccc(F)c1. The van der Waals surface area contributed by atoms with Crippen molar-refractivity contribution >= 4 is 6.03 Å². The third kappa shape index (κ3) is 5.41. The molecule has 118 valence electrons. The maximum atomic E-state index is 12.9. The molecule has 1 aromatic heterocycles. The number of urea groups is 1. The second-order valence-corrected chi connectivity index (χ2v) is 4.57. The Hall–Kier alpha value is -2.61. The summed E-state index contributed by atoms with van der Waals surface area (Å²) < 4.78 is 18.2. The Balaban J connectivity index is 1.62.